The van der Waals surface area contributed by atoms with Gasteiger partial charge in [-0.05, 0) is 25.0 Å². The molecular weight excluding hydrogens is 312 g/mol. The summed E-state index contributed by atoms with van der Waals surface area (Å²) in [4.78, 5) is 19.3. The average Bonchev–Trinajstić information content (AvgIpc) is 2.82. The van der Waals surface area contributed by atoms with Gasteiger partial charge in [-0.3, -0.25) is 4.79 Å². The highest BCUT2D eigenvalue weighted by atomic mass is 79.9. The summed E-state index contributed by atoms with van der Waals surface area (Å²) in [6.07, 6.45) is 3.40. The molecule has 5 heteroatoms. The number of carbonyl (C=O) groups excluding carboxylic acids is 1. The van der Waals surface area contributed by atoms with Crippen LogP contribution in [0.15, 0.2) is 24.3 Å². The van der Waals surface area contributed by atoms with E-state index in [1.54, 1.807) is 0 Å². The molecule has 18 heavy (non-hydrogen) atoms. The Morgan fingerprint density at radius 3 is 2.89 bits per heavy atom. The number of alkyl halides is 1. The van der Waals surface area contributed by atoms with E-state index in [-0.39, 0.29) is 5.12 Å². The van der Waals surface area contributed by atoms with Crippen LogP contribution in [0.25, 0.3) is 11.0 Å². The highest BCUT2D eigenvalue weighted by molar-refractivity contribution is 9.09. The lowest BCUT2D eigenvalue weighted by molar-refractivity contribution is 0.108. The molecule has 0 saturated carbocycles. The normalized spacial score (nSPS) is 10.9. The van der Waals surface area contributed by atoms with Crippen molar-refractivity contribution in [2.75, 3.05) is 11.1 Å². The largest absolute Gasteiger partial charge is 0.335 e. The van der Waals surface area contributed by atoms with Gasteiger partial charge in [0.05, 0.1) is 11.0 Å². The van der Waals surface area contributed by atoms with E-state index in [4.69, 9.17) is 0 Å². The molecule has 0 radical (unpaired) electrons. The Morgan fingerprint density at radius 1 is 1.28 bits per heavy atom. The van der Waals surface area contributed by atoms with Crippen LogP contribution < -0.4 is 0 Å². The van der Waals surface area contributed by atoms with Crippen molar-refractivity contribution in [1.82, 2.24) is 9.97 Å². The number of hydrogen-bond acceptors (Lipinski definition) is 3. The van der Waals surface area contributed by atoms with Crippen LogP contribution in [0, 0.1) is 0 Å². The van der Waals surface area contributed by atoms with E-state index >= 15 is 0 Å². The van der Waals surface area contributed by atoms with Gasteiger partial charge in [-0.25, -0.2) is 4.98 Å². The second kappa shape index (κ2) is 6.95. The summed E-state index contributed by atoms with van der Waals surface area (Å²) in [5.41, 5.74) is 1.77. The van der Waals surface area contributed by atoms with Crippen LogP contribution in [-0.2, 0) is 0 Å². The zero-order chi connectivity index (χ0) is 12.8. The summed E-state index contributed by atoms with van der Waals surface area (Å²) in [5.74, 6) is 1.32. The Morgan fingerprint density at radius 2 is 2.11 bits per heavy atom. The lowest BCUT2D eigenvalue weighted by atomic mass is 10.3. The molecule has 0 spiro atoms. The molecule has 1 heterocycles. The van der Waals surface area contributed by atoms with E-state index in [1.165, 1.54) is 18.2 Å². The standard InChI is InChI=1S/C13H15BrN2OS/c14-8-4-1-5-9-18-13(17)12-15-10-6-2-3-7-11(10)16-12/h2-3,6-7H,1,4-5,8-9H2,(H,15,16). The Bertz CT molecular complexity index is 493. The Hall–Kier alpha value is -0.810. The molecule has 2 rings (SSSR count). The molecule has 0 amide bonds. The number of unbranched alkanes of at least 4 members (excludes halogenated alkanes) is 2. The SMILES string of the molecule is O=C(SCCCCCBr)c1nc2ccccc2[nH]1. The lowest BCUT2D eigenvalue weighted by Gasteiger charge is -1.97. The number of fused-ring (bicyclic) bond motifs is 1. The third-order valence-electron chi connectivity index (χ3n) is 2.59. The number of halogens is 1. The quantitative estimate of drug-likeness (QED) is 0.644. The maximum atomic E-state index is 11.9. The number of carbonyl (C=O) groups is 1. The van der Waals surface area contributed by atoms with Gasteiger partial charge in [0.15, 0.2) is 5.82 Å². The van der Waals surface area contributed by atoms with Crippen molar-refractivity contribution in [2.45, 2.75) is 19.3 Å². The van der Waals surface area contributed by atoms with Crippen LogP contribution in [-0.4, -0.2) is 26.2 Å². The van der Waals surface area contributed by atoms with Gasteiger partial charge in [0.25, 0.3) is 5.12 Å². The van der Waals surface area contributed by atoms with Gasteiger partial charge >= 0.3 is 0 Å². The van der Waals surface area contributed by atoms with Crippen molar-refractivity contribution in [3.05, 3.63) is 30.1 Å². The molecule has 0 aliphatic carbocycles. The molecule has 96 valence electrons. The van der Waals surface area contributed by atoms with E-state index in [9.17, 15) is 4.79 Å². The summed E-state index contributed by atoms with van der Waals surface area (Å²) in [5, 5.41) is 1.07. The highest BCUT2D eigenvalue weighted by Gasteiger charge is 2.11. The third kappa shape index (κ3) is 3.59. The van der Waals surface area contributed by atoms with Crippen LogP contribution in [0.4, 0.5) is 0 Å². The number of nitrogens with zero attached hydrogens (tertiary/aromatic N) is 1. The molecule has 0 unspecified atom stereocenters. The van der Waals surface area contributed by atoms with Gasteiger partial charge in [-0.15, -0.1) is 0 Å². The number of benzene rings is 1. The number of para-hydroxylation sites is 2. The molecule has 1 aromatic heterocycles. The summed E-state index contributed by atoms with van der Waals surface area (Å²) in [6, 6.07) is 7.69. The van der Waals surface area contributed by atoms with E-state index in [2.05, 4.69) is 25.9 Å². The summed E-state index contributed by atoms with van der Waals surface area (Å²) >= 11 is 4.75. The number of imidazole rings is 1. The molecule has 0 aliphatic heterocycles. The molecule has 0 atom stereocenters. The number of nitrogens with one attached hydrogen (secondary N) is 1. The molecule has 0 aliphatic rings. The number of rotatable bonds is 6. The van der Waals surface area contributed by atoms with Gasteiger partial charge in [0.1, 0.15) is 0 Å². The van der Waals surface area contributed by atoms with Crippen molar-refractivity contribution in [3.8, 4) is 0 Å². The number of thioether (sulfide) groups is 1. The molecule has 0 bridgehead atoms. The topological polar surface area (TPSA) is 45.8 Å². The van der Waals surface area contributed by atoms with E-state index in [1.807, 2.05) is 24.3 Å². The second-order valence-electron chi connectivity index (χ2n) is 3.99. The predicted octanol–water partition coefficient (Wildman–Crippen LogP) is 4.00. The fourth-order valence-corrected chi connectivity index (χ4v) is 2.82. The first-order valence-electron chi connectivity index (χ1n) is 5.99. The van der Waals surface area contributed by atoms with E-state index < -0.39 is 0 Å². The van der Waals surface area contributed by atoms with Crippen LogP contribution in [0.1, 0.15) is 29.9 Å². The predicted molar refractivity (Wildman–Crippen MR) is 80.5 cm³/mol. The van der Waals surface area contributed by atoms with Crippen LogP contribution in [0.2, 0.25) is 0 Å². The number of hydrogen-bond donors (Lipinski definition) is 1. The minimum absolute atomic E-state index is 0.0324. The Kier molecular flexibility index (Phi) is 5.26. The first kappa shape index (κ1) is 13.6. The van der Waals surface area contributed by atoms with Gasteiger partial charge in [-0.2, -0.15) is 0 Å². The molecule has 3 nitrogen and oxygen atoms in total. The van der Waals surface area contributed by atoms with E-state index in [0.29, 0.717) is 5.82 Å². The highest BCUT2D eigenvalue weighted by Crippen LogP contribution is 2.16. The maximum absolute atomic E-state index is 11.9. The second-order valence-corrected chi connectivity index (χ2v) is 5.85. The van der Waals surface area contributed by atoms with E-state index in [0.717, 1.165) is 35.0 Å². The molecule has 1 aromatic carbocycles. The molecular formula is C13H15BrN2OS. The Balaban J connectivity index is 1.88. The van der Waals surface area contributed by atoms with Gasteiger partial charge in [0, 0.05) is 11.1 Å². The first-order chi connectivity index (χ1) is 8.81. The fourth-order valence-electron chi connectivity index (χ4n) is 1.66. The molecule has 0 saturated heterocycles. The van der Waals surface area contributed by atoms with Crippen LogP contribution in [0.5, 0.6) is 0 Å². The molecule has 2 aromatic rings. The first-order valence-corrected chi connectivity index (χ1v) is 8.10. The van der Waals surface area contributed by atoms with Gasteiger partial charge in [-0.1, -0.05) is 46.2 Å². The van der Waals surface area contributed by atoms with Crippen molar-refractivity contribution < 1.29 is 4.79 Å². The third-order valence-corrected chi connectivity index (χ3v) is 4.10. The summed E-state index contributed by atoms with van der Waals surface area (Å²) in [7, 11) is 0. The monoisotopic (exact) mass is 326 g/mol. The minimum atomic E-state index is 0.0324. The number of aromatic amines is 1. The van der Waals surface area contributed by atoms with Gasteiger partial charge in [0.2, 0.25) is 0 Å². The molecule has 0 fully saturated rings. The minimum Gasteiger partial charge on any atom is -0.335 e. The molecule has 1 N–H and O–H groups in total. The van der Waals surface area contributed by atoms with Crippen molar-refractivity contribution in [3.63, 3.8) is 0 Å². The van der Waals surface area contributed by atoms with Crippen LogP contribution >= 0.6 is 27.7 Å². The van der Waals surface area contributed by atoms with Crippen LogP contribution in [0.3, 0.4) is 0 Å². The number of aromatic nitrogens is 2. The zero-order valence-electron chi connectivity index (χ0n) is 9.99. The maximum Gasteiger partial charge on any atom is 0.254 e. The number of H-pyrrole nitrogens is 1. The van der Waals surface area contributed by atoms with Crippen molar-refractivity contribution >= 4 is 43.8 Å². The zero-order valence-corrected chi connectivity index (χ0v) is 12.4. The Labute approximate surface area is 119 Å². The smallest absolute Gasteiger partial charge is 0.254 e. The van der Waals surface area contributed by atoms with Crippen molar-refractivity contribution in [1.29, 1.82) is 0 Å². The lowest BCUT2D eigenvalue weighted by Crippen LogP contribution is -1.97. The fraction of sp³-hybridized carbons (Fsp3) is 0.385. The summed E-state index contributed by atoms with van der Waals surface area (Å²) < 4.78 is 0. The van der Waals surface area contributed by atoms with Gasteiger partial charge < -0.3 is 4.98 Å². The average molecular weight is 327 g/mol. The van der Waals surface area contributed by atoms with Crippen molar-refractivity contribution in [2.24, 2.45) is 0 Å². The summed E-state index contributed by atoms with van der Waals surface area (Å²) in [6.45, 7) is 0.